The zero-order chi connectivity index (χ0) is 21.8. The third kappa shape index (κ3) is 4.97. The van der Waals surface area contributed by atoms with Crippen LogP contribution < -0.4 is 4.74 Å². The van der Waals surface area contributed by atoms with Crippen LogP contribution in [0.1, 0.15) is 18.4 Å². The van der Waals surface area contributed by atoms with Crippen molar-refractivity contribution in [2.45, 2.75) is 36.1 Å². The number of nitrogens with zero attached hydrogens (tertiary/aromatic N) is 1. The van der Waals surface area contributed by atoms with Crippen LogP contribution >= 0.6 is 0 Å². The molecule has 1 fully saturated rings. The Morgan fingerprint density at radius 1 is 1.00 bits per heavy atom. The predicted molar refractivity (Wildman–Crippen MR) is 113 cm³/mol. The number of halogens is 2. The minimum atomic E-state index is -3.45. The number of sulfone groups is 1. The van der Waals surface area contributed by atoms with Gasteiger partial charge in [-0.1, -0.05) is 18.2 Å². The third-order valence-corrected chi connectivity index (χ3v) is 7.82. The van der Waals surface area contributed by atoms with Crippen molar-refractivity contribution in [2.24, 2.45) is 0 Å². The fourth-order valence-electron chi connectivity index (χ4n) is 3.91. The first-order valence-corrected chi connectivity index (χ1v) is 11.6. The van der Waals surface area contributed by atoms with Crippen LogP contribution in [-0.4, -0.2) is 38.3 Å². The van der Waals surface area contributed by atoms with Crippen molar-refractivity contribution in [3.05, 3.63) is 72.5 Å². The number of ether oxygens (including phenoxy) is 1. The standard InChI is InChI=1S/C23H23F2NO4S/c24-23(25)30-22-5-2-1-4-18(22)16-26-13-11-20(12-14-26)31(27,28)19-9-7-17(8-10-19)21-6-3-15-29-21/h1-10,15,20,23H,11-14,16H2. The van der Waals surface area contributed by atoms with Gasteiger partial charge in [0.1, 0.15) is 11.5 Å². The molecule has 0 aliphatic carbocycles. The minimum Gasteiger partial charge on any atom is -0.464 e. The molecule has 8 heteroatoms. The number of likely N-dealkylation sites (tertiary alicyclic amines) is 1. The molecule has 1 aliphatic rings. The molecule has 2 heterocycles. The zero-order valence-electron chi connectivity index (χ0n) is 16.8. The molecular formula is C23H23F2NO4S. The molecule has 4 rings (SSSR count). The highest BCUT2D eigenvalue weighted by Gasteiger charge is 2.31. The van der Waals surface area contributed by atoms with Crippen molar-refractivity contribution in [3.8, 4) is 17.1 Å². The molecule has 1 aromatic heterocycles. The van der Waals surface area contributed by atoms with Crippen molar-refractivity contribution < 1.29 is 26.4 Å². The van der Waals surface area contributed by atoms with Gasteiger partial charge in [-0.05, 0) is 68.4 Å². The lowest BCUT2D eigenvalue weighted by atomic mass is 10.1. The summed E-state index contributed by atoms with van der Waals surface area (Å²) in [6, 6.07) is 17.0. The van der Waals surface area contributed by atoms with Crippen molar-refractivity contribution in [3.63, 3.8) is 0 Å². The molecule has 31 heavy (non-hydrogen) atoms. The van der Waals surface area contributed by atoms with E-state index in [0.29, 0.717) is 48.7 Å². The molecule has 2 aromatic carbocycles. The number of hydrogen-bond donors (Lipinski definition) is 0. The molecule has 3 aromatic rings. The SMILES string of the molecule is O=S(=O)(c1ccc(-c2ccco2)cc1)C1CCN(Cc2ccccc2OC(F)F)CC1. The van der Waals surface area contributed by atoms with Gasteiger partial charge in [-0.3, -0.25) is 4.90 Å². The Labute approximate surface area is 180 Å². The molecule has 0 bridgehead atoms. The van der Waals surface area contributed by atoms with Gasteiger partial charge in [0.25, 0.3) is 0 Å². The molecule has 0 spiro atoms. The normalized spacial score (nSPS) is 16.0. The van der Waals surface area contributed by atoms with Crippen molar-refractivity contribution >= 4 is 9.84 Å². The van der Waals surface area contributed by atoms with E-state index < -0.39 is 21.7 Å². The second-order valence-electron chi connectivity index (χ2n) is 7.51. The van der Waals surface area contributed by atoms with Gasteiger partial charge in [-0.25, -0.2) is 8.42 Å². The van der Waals surface area contributed by atoms with Gasteiger partial charge < -0.3 is 9.15 Å². The Bertz CT molecular complexity index is 1090. The van der Waals surface area contributed by atoms with E-state index in [2.05, 4.69) is 9.64 Å². The first-order valence-electron chi connectivity index (χ1n) is 10.1. The van der Waals surface area contributed by atoms with Crippen LogP contribution in [0.5, 0.6) is 5.75 Å². The van der Waals surface area contributed by atoms with Gasteiger partial charge >= 0.3 is 6.61 Å². The number of rotatable bonds is 7. The highest BCUT2D eigenvalue weighted by Crippen LogP contribution is 2.29. The van der Waals surface area contributed by atoms with E-state index >= 15 is 0 Å². The van der Waals surface area contributed by atoms with E-state index in [1.54, 1.807) is 54.8 Å². The Morgan fingerprint density at radius 3 is 2.35 bits per heavy atom. The summed E-state index contributed by atoms with van der Waals surface area (Å²) in [5, 5.41) is -0.467. The monoisotopic (exact) mass is 447 g/mol. The first-order chi connectivity index (χ1) is 14.9. The summed E-state index contributed by atoms with van der Waals surface area (Å²) in [6.07, 6.45) is 2.55. The molecule has 1 saturated heterocycles. The Morgan fingerprint density at radius 2 is 1.71 bits per heavy atom. The maximum absolute atomic E-state index is 13.1. The van der Waals surface area contributed by atoms with Gasteiger partial charge in [-0.2, -0.15) is 8.78 Å². The Hall–Kier alpha value is -2.71. The molecule has 0 N–H and O–H groups in total. The lowest BCUT2D eigenvalue weighted by Gasteiger charge is -2.32. The van der Waals surface area contributed by atoms with Crippen LogP contribution in [0.25, 0.3) is 11.3 Å². The largest absolute Gasteiger partial charge is 0.464 e. The highest BCUT2D eigenvalue weighted by molar-refractivity contribution is 7.92. The number of furan rings is 1. The van der Waals surface area contributed by atoms with Crippen LogP contribution in [0.3, 0.4) is 0 Å². The van der Waals surface area contributed by atoms with Crippen molar-refractivity contribution in [1.29, 1.82) is 0 Å². The van der Waals surface area contributed by atoms with E-state index in [-0.39, 0.29) is 5.75 Å². The summed E-state index contributed by atoms with van der Waals surface area (Å²) in [4.78, 5) is 2.37. The summed E-state index contributed by atoms with van der Waals surface area (Å²) in [7, 11) is -3.45. The molecule has 0 atom stereocenters. The van der Waals surface area contributed by atoms with Gasteiger partial charge in [0, 0.05) is 17.7 Å². The number of piperidine rings is 1. The Kier molecular flexibility index (Phi) is 6.38. The Balaban J connectivity index is 1.39. The quantitative estimate of drug-likeness (QED) is 0.511. The summed E-state index contributed by atoms with van der Waals surface area (Å²) in [5.74, 6) is 0.845. The molecule has 0 unspecified atom stereocenters. The molecule has 0 saturated carbocycles. The van der Waals surface area contributed by atoms with Crippen LogP contribution in [0.4, 0.5) is 8.78 Å². The topological polar surface area (TPSA) is 59.8 Å². The van der Waals surface area contributed by atoms with E-state index in [9.17, 15) is 17.2 Å². The molecule has 1 aliphatic heterocycles. The fourth-order valence-corrected chi connectivity index (χ4v) is 5.64. The van der Waals surface area contributed by atoms with Crippen molar-refractivity contribution in [1.82, 2.24) is 4.90 Å². The van der Waals surface area contributed by atoms with Crippen molar-refractivity contribution in [2.75, 3.05) is 13.1 Å². The smallest absolute Gasteiger partial charge is 0.387 e. The van der Waals surface area contributed by atoms with Crippen LogP contribution in [0.15, 0.2) is 76.2 Å². The second-order valence-corrected chi connectivity index (χ2v) is 9.74. The first kappa shape index (κ1) is 21.5. The minimum absolute atomic E-state index is 0.156. The molecule has 5 nitrogen and oxygen atoms in total. The number of alkyl halides is 2. The van der Waals surface area contributed by atoms with Gasteiger partial charge in [0.15, 0.2) is 9.84 Å². The van der Waals surface area contributed by atoms with Crippen LogP contribution in [0, 0.1) is 0 Å². The van der Waals surface area contributed by atoms with E-state index in [4.69, 9.17) is 4.42 Å². The third-order valence-electron chi connectivity index (χ3n) is 5.54. The van der Waals surface area contributed by atoms with Crippen LogP contribution in [0.2, 0.25) is 0 Å². The van der Waals surface area contributed by atoms with Crippen LogP contribution in [-0.2, 0) is 16.4 Å². The lowest BCUT2D eigenvalue weighted by molar-refractivity contribution is -0.0508. The second kappa shape index (κ2) is 9.20. The summed E-state index contributed by atoms with van der Waals surface area (Å²) >= 11 is 0. The maximum atomic E-state index is 13.1. The molecular weight excluding hydrogens is 424 g/mol. The highest BCUT2D eigenvalue weighted by atomic mass is 32.2. The fraction of sp³-hybridized carbons (Fsp3) is 0.304. The maximum Gasteiger partial charge on any atom is 0.387 e. The predicted octanol–water partition coefficient (Wildman–Crippen LogP) is 4.99. The number of benzene rings is 2. The average Bonchev–Trinajstić information content (AvgIpc) is 3.30. The molecule has 0 amide bonds. The summed E-state index contributed by atoms with van der Waals surface area (Å²) in [6.45, 7) is -1.31. The number of para-hydroxylation sites is 1. The van der Waals surface area contributed by atoms with Gasteiger partial charge in [0.2, 0.25) is 0 Å². The van der Waals surface area contributed by atoms with Gasteiger partial charge in [-0.15, -0.1) is 0 Å². The zero-order valence-corrected chi connectivity index (χ0v) is 17.6. The summed E-state index contributed by atoms with van der Waals surface area (Å²) in [5.41, 5.74) is 1.49. The lowest BCUT2D eigenvalue weighted by Crippen LogP contribution is -2.39. The van der Waals surface area contributed by atoms with Gasteiger partial charge in [0.05, 0.1) is 16.4 Å². The number of hydrogen-bond acceptors (Lipinski definition) is 5. The van der Waals surface area contributed by atoms with E-state index in [1.165, 1.54) is 6.07 Å². The molecule has 164 valence electrons. The van der Waals surface area contributed by atoms with E-state index in [0.717, 1.165) is 5.56 Å². The molecule has 0 radical (unpaired) electrons. The van der Waals surface area contributed by atoms with E-state index in [1.807, 2.05) is 6.07 Å². The average molecular weight is 448 g/mol. The summed E-state index contributed by atoms with van der Waals surface area (Å²) < 4.78 is 61.3.